The highest BCUT2D eigenvalue weighted by molar-refractivity contribution is 7.47. The highest BCUT2D eigenvalue weighted by Gasteiger charge is 2.28. The minimum atomic E-state index is -4.71. The largest absolute Gasteiger partial charge is 0.480 e. The molecule has 0 amide bonds. The average molecular weight is 846 g/mol. The molecule has 0 aromatic rings. The van der Waals surface area contributed by atoms with Gasteiger partial charge in [0.15, 0.2) is 6.10 Å². The van der Waals surface area contributed by atoms with Crippen LogP contribution >= 0.6 is 7.82 Å². The second-order valence-corrected chi connectivity index (χ2v) is 17.7. The summed E-state index contributed by atoms with van der Waals surface area (Å²) in [4.78, 5) is 46.0. The van der Waals surface area contributed by atoms with Crippen molar-refractivity contribution in [3.63, 3.8) is 0 Å². The number of allylic oxidation sites excluding steroid dienone is 2. The van der Waals surface area contributed by atoms with Crippen molar-refractivity contribution in [3.8, 4) is 0 Å². The molecule has 0 aliphatic heterocycles. The predicted molar refractivity (Wildman–Crippen MR) is 236 cm³/mol. The molecule has 0 radical (unpaired) electrons. The van der Waals surface area contributed by atoms with Gasteiger partial charge in [0, 0.05) is 12.8 Å². The van der Waals surface area contributed by atoms with Crippen molar-refractivity contribution in [3.05, 3.63) is 12.2 Å². The first-order valence-corrected chi connectivity index (χ1v) is 25.2. The van der Waals surface area contributed by atoms with E-state index in [0.717, 1.165) is 57.8 Å². The summed E-state index contributed by atoms with van der Waals surface area (Å²) in [5.74, 6) is -2.37. The predicted octanol–water partition coefficient (Wildman–Crippen LogP) is 12.8. The molecule has 0 aromatic heterocycles. The Labute approximate surface area is 354 Å². The summed E-state index contributed by atoms with van der Waals surface area (Å²) in [5.41, 5.74) is 5.34. The van der Waals surface area contributed by atoms with Gasteiger partial charge in [0.1, 0.15) is 12.6 Å². The Bertz CT molecular complexity index is 1040. The standard InChI is InChI=1S/C46H88NO10P/c1-3-5-7-9-11-13-15-17-18-19-20-21-22-23-24-26-27-29-31-33-35-37-44(48)54-39-42(40-55-58(52,53)56-41-43(47)46(50)51)57-45(49)38-36-34-32-30-28-25-16-14-12-10-8-6-4-2/h14,16,42-43H,3-13,15,17-41,47H2,1-2H3,(H,50,51)(H,52,53)/b16-14-/t42-,43+/m1/s1. The number of esters is 2. The molecule has 0 aliphatic carbocycles. The third-order valence-electron chi connectivity index (χ3n) is 10.5. The molecular weight excluding hydrogens is 757 g/mol. The van der Waals surface area contributed by atoms with Gasteiger partial charge in [0.05, 0.1) is 13.2 Å². The van der Waals surface area contributed by atoms with E-state index in [2.05, 4.69) is 30.5 Å². The zero-order valence-electron chi connectivity index (χ0n) is 37.2. The lowest BCUT2D eigenvalue weighted by molar-refractivity contribution is -0.161. The smallest absolute Gasteiger partial charge is 0.472 e. The first-order chi connectivity index (χ1) is 28.1. The quantitative estimate of drug-likeness (QED) is 0.0230. The van der Waals surface area contributed by atoms with E-state index in [1.807, 2.05) is 0 Å². The van der Waals surface area contributed by atoms with Crippen molar-refractivity contribution in [2.75, 3.05) is 19.8 Å². The number of unbranched alkanes of at least 4 members (excludes halogenated alkanes) is 29. The molecule has 0 bridgehead atoms. The number of phosphoric ester groups is 1. The molecule has 342 valence electrons. The van der Waals surface area contributed by atoms with Crippen LogP contribution in [0.3, 0.4) is 0 Å². The zero-order chi connectivity index (χ0) is 42.8. The fourth-order valence-electron chi connectivity index (χ4n) is 6.77. The van der Waals surface area contributed by atoms with E-state index >= 15 is 0 Å². The summed E-state index contributed by atoms with van der Waals surface area (Å²) >= 11 is 0. The maximum Gasteiger partial charge on any atom is 0.472 e. The van der Waals surface area contributed by atoms with E-state index in [0.29, 0.717) is 12.8 Å². The molecule has 0 rings (SSSR count). The molecule has 4 N–H and O–H groups in total. The molecule has 0 spiro atoms. The van der Waals surface area contributed by atoms with E-state index < -0.39 is 51.1 Å². The van der Waals surface area contributed by atoms with Crippen molar-refractivity contribution in [2.45, 2.75) is 244 Å². The number of phosphoric acid groups is 1. The van der Waals surface area contributed by atoms with Gasteiger partial charge < -0.3 is 25.2 Å². The van der Waals surface area contributed by atoms with Crippen LogP contribution in [0.5, 0.6) is 0 Å². The topological polar surface area (TPSA) is 172 Å². The molecule has 58 heavy (non-hydrogen) atoms. The monoisotopic (exact) mass is 846 g/mol. The highest BCUT2D eigenvalue weighted by Crippen LogP contribution is 2.43. The molecule has 1 unspecified atom stereocenters. The van der Waals surface area contributed by atoms with E-state index in [1.54, 1.807) is 0 Å². The SMILES string of the molecule is CCCCCC/C=C\CCCCCCCC(=O)O[C@H](COC(=O)CCCCCCCCCCCCCCCCCCCCCCC)COP(=O)(O)OC[C@H](N)C(=O)O. The third kappa shape index (κ3) is 41.0. The third-order valence-corrected chi connectivity index (χ3v) is 11.5. The lowest BCUT2D eigenvalue weighted by Gasteiger charge is -2.20. The molecule has 0 aromatic carbocycles. The summed E-state index contributed by atoms with van der Waals surface area (Å²) in [6, 6.07) is -1.52. The minimum absolute atomic E-state index is 0.155. The Kier molecular flexibility index (Phi) is 40.6. The van der Waals surface area contributed by atoms with Gasteiger partial charge in [-0.15, -0.1) is 0 Å². The van der Waals surface area contributed by atoms with Crippen LogP contribution in [0.25, 0.3) is 0 Å². The number of rotatable bonds is 45. The summed E-state index contributed by atoms with van der Waals surface area (Å²) < 4.78 is 32.7. The van der Waals surface area contributed by atoms with Crippen molar-refractivity contribution in [1.29, 1.82) is 0 Å². The Morgan fingerprint density at radius 2 is 0.862 bits per heavy atom. The Balaban J connectivity index is 4.21. The molecule has 11 nitrogen and oxygen atoms in total. The lowest BCUT2D eigenvalue weighted by Crippen LogP contribution is -2.34. The van der Waals surface area contributed by atoms with Crippen LogP contribution in [0.1, 0.15) is 232 Å². The van der Waals surface area contributed by atoms with Crippen LogP contribution in [-0.2, 0) is 37.5 Å². The molecule has 12 heteroatoms. The number of hydrogen-bond donors (Lipinski definition) is 3. The van der Waals surface area contributed by atoms with Crippen LogP contribution in [0.15, 0.2) is 12.2 Å². The molecular formula is C46H88NO10P. The second-order valence-electron chi connectivity index (χ2n) is 16.2. The van der Waals surface area contributed by atoms with Gasteiger partial charge >= 0.3 is 25.7 Å². The van der Waals surface area contributed by atoms with E-state index in [9.17, 15) is 23.8 Å². The van der Waals surface area contributed by atoms with E-state index in [1.165, 1.54) is 135 Å². The number of hydrogen-bond acceptors (Lipinski definition) is 9. The van der Waals surface area contributed by atoms with Crippen molar-refractivity contribution in [1.82, 2.24) is 0 Å². The lowest BCUT2D eigenvalue weighted by atomic mass is 10.0. The molecule has 0 fully saturated rings. The molecule has 0 aliphatic rings. The first kappa shape index (κ1) is 56.2. The van der Waals surface area contributed by atoms with Gasteiger partial charge in [-0.1, -0.05) is 193 Å². The summed E-state index contributed by atoms with van der Waals surface area (Å²) in [7, 11) is -4.71. The first-order valence-electron chi connectivity index (χ1n) is 23.7. The van der Waals surface area contributed by atoms with Gasteiger partial charge in [-0.25, -0.2) is 4.57 Å². The minimum Gasteiger partial charge on any atom is -0.480 e. The summed E-state index contributed by atoms with van der Waals surface area (Å²) in [6.45, 7) is 2.81. The van der Waals surface area contributed by atoms with Gasteiger partial charge in [-0.2, -0.15) is 0 Å². The number of ether oxygens (including phenoxy) is 2. The van der Waals surface area contributed by atoms with Gasteiger partial charge in [0.2, 0.25) is 0 Å². The highest BCUT2D eigenvalue weighted by atomic mass is 31.2. The molecule has 0 saturated heterocycles. The number of carboxylic acids is 1. The number of carbonyl (C=O) groups excluding carboxylic acids is 2. The second kappa shape index (κ2) is 41.9. The number of nitrogens with two attached hydrogens (primary N) is 1. The maximum absolute atomic E-state index is 12.6. The van der Waals surface area contributed by atoms with Crippen LogP contribution in [-0.4, -0.2) is 59.9 Å². The number of carbonyl (C=O) groups is 3. The van der Waals surface area contributed by atoms with Crippen LogP contribution in [0, 0.1) is 0 Å². The van der Waals surface area contributed by atoms with Crippen molar-refractivity contribution >= 4 is 25.7 Å². The molecule has 0 saturated carbocycles. The number of aliphatic carboxylic acids is 1. The molecule has 0 heterocycles. The maximum atomic E-state index is 12.6. The van der Waals surface area contributed by atoms with E-state index in [4.69, 9.17) is 24.8 Å². The molecule has 3 atom stereocenters. The average Bonchev–Trinajstić information content (AvgIpc) is 3.20. The Morgan fingerprint density at radius 3 is 1.28 bits per heavy atom. The van der Waals surface area contributed by atoms with Crippen LogP contribution in [0.4, 0.5) is 0 Å². The fraction of sp³-hybridized carbons (Fsp3) is 0.891. The normalized spacial score (nSPS) is 13.7. The van der Waals surface area contributed by atoms with E-state index in [-0.39, 0.29) is 19.4 Å². The summed E-state index contributed by atoms with van der Waals surface area (Å²) in [5, 5.41) is 8.89. The van der Waals surface area contributed by atoms with Crippen LogP contribution < -0.4 is 5.73 Å². The zero-order valence-corrected chi connectivity index (χ0v) is 38.1. The number of carboxylic acid groups (broad SMARTS) is 1. The Hall–Kier alpha value is -1.78. The Morgan fingerprint density at radius 1 is 0.517 bits per heavy atom. The van der Waals surface area contributed by atoms with Gasteiger partial charge in [0.25, 0.3) is 0 Å². The van der Waals surface area contributed by atoms with Crippen molar-refractivity contribution in [2.24, 2.45) is 5.73 Å². The van der Waals surface area contributed by atoms with Gasteiger partial charge in [-0.05, 0) is 38.5 Å². The van der Waals surface area contributed by atoms with Gasteiger partial charge in [-0.3, -0.25) is 23.4 Å². The summed E-state index contributed by atoms with van der Waals surface area (Å²) in [6.07, 6.45) is 42.8. The fourth-order valence-corrected chi connectivity index (χ4v) is 7.55. The van der Waals surface area contributed by atoms with Crippen molar-refractivity contribution < 1.29 is 47.5 Å². The van der Waals surface area contributed by atoms with Crippen LogP contribution in [0.2, 0.25) is 0 Å².